The summed E-state index contributed by atoms with van der Waals surface area (Å²) in [5.74, 6) is 0. The molecule has 2 rings (SSSR count). The predicted octanol–water partition coefficient (Wildman–Crippen LogP) is 6.54. The van der Waals surface area contributed by atoms with E-state index >= 15 is 0 Å². The molecule has 0 spiro atoms. The highest BCUT2D eigenvalue weighted by Gasteiger charge is 2.46. The first-order valence-electron chi connectivity index (χ1n) is 9.69. The lowest BCUT2D eigenvalue weighted by Gasteiger charge is -2.36. The molecular formula is C20H33O4PSi. The van der Waals surface area contributed by atoms with Crippen molar-refractivity contribution >= 4 is 21.4 Å². The van der Waals surface area contributed by atoms with Crippen molar-refractivity contribution in [1.82, 2.24) is 0 Å². The highest BCUT2D eigenvalue weighted by atomic mass is 31.2. The Hall–Kier alpha value is -0.743. The number of carbonyl (C=O) groups excluding carboxylic acids is 1. The number of benzene rings is 1. The smallest absolute Gasteiger partial charge is 0.345 e. The summed E-state index contributed by atoms with van der Waals surface area (Å²) in [6.45, 7) is 11.9. The first-order chi connectivity index (χ1) is 12.1. The molecule has 1 aliphatic carbocycles. The summed E-state index contributed by atoms with van der Waals surface area (Å²) in [7, 11) is -6.19. The van der Waals surface area contributed by atoms with Crippen LogP contribution >= 0.6 is 7.60 Å². The van der Waals surface area contributed by atoms with Crippen molar-refractivity contribution in [2.45, 2.75) is 78.4 Å². The van der Waals surface area contributed by atoms with Crippen molar-refractivity contribution in [3.05, 3.63) is 34.4 Å². The van der Waals surface area contributed by atoms with Crippen LogP contribution in [0.2, 0.25) is 18.6 Å². The van der Waals surface area contributed by atoms with E-state index in [4.69, 9.17) is 8.74 Å². The Balaban J connectivity index is 2.36. The van der Waals surface area contributed by atoms with Gasteiger partial charge in [0, 0.05) is 5.56 Å². The second-order valence-corrected chi connectivity index (χ2v) is 14.4. The topological polar surface area (TPSA) is 52.6 Å². The van der Waals surface area contributed by atoms with Gasteiger partial charge in [0.2, 0.25) is 8.32 Å². The zero-order chi connectivity index (χ0) is 19.5. The quantitative estimate of drug-likeness (QED) is 0.388. The summed E-state index contributed by atoms with van der Waals surface area (Å²) in [5.41, 5.74) is 3.17. The Morgan fingerprint density at radius 1 is 1.12 bits per heavy atom. The number of aryl methyl sites for hydroxylation is 3. The molecule has 0 aromatic heterocycles. The van der Waals surface area contributed by atoms with Crippen molar-refractivity contribution in [2.24, 2.45) is 0 Å². The zero-order valence-electron chi connectivity index (χ0n) is 17.1. The number of hydrogen-bond acceptors (Lipinski definition) is 4. The minimum absolute atomic E-state index is 0.197. The molecule has 146 valence electrons. The summed E-state index contributed by atoms with van der Waals surface area (Å²) in [6, 6.07) is 3.89. The van der Waals surface area contributed by atoms with E-state index in [0.29, 0.717) is 11.1 Å². The molecule has 1 saturated carbocycles. The van der Waals surface area contributed by atoms with Crippen molar-refractivity contribution < 1.29 is 18.1 Å². The lowest BCUT2D eigenvalue weighted by molar-refractivity contribution is 0.102. The average molecular weight is 397 g/mol. The minimum atomic E-state index is -3.87. The van der Waals surface area contributed by atoms with E-state index in [0.717, 1.165) is 29.5 Å². The molecule has 1 aliphatic rings. The molecule has 26 heavy (non-hydrogen) atoms. The standard InChI is InChI=1S/C20H33O4PSi/c1-7-23-25(22,24-26(5,6)18-11-9-8-10-12-18)20(21)19-16(3)13-15(2)14-17(19)4/h13-14,18H,7-12H2,1-6H3. The molecule has 6 heteroatoms. The molecule has 0 heterocycles. The van der Waals surface area contributed by atoms with Crippen molar-refractivity contribution in [2.75, 3.05) is 6.61 Å². The maximum absolute atomic E-state index is 13.6. The van der Waals surface area contributed by atoms with Crippen molar-refractivity contribution in [3.63, 3.8) is 0 Å². The van der Waals surface area contributed by atoms with Gasteiger partial charge in [-0.05, 0) is 57.5 Å². The van der Waals surface area contributed by atoms with Crippen LogP contribution in [0.25, 0.3) is 0 Å². The maximum Gasteiger partial charge on any atom is 0.392 e. The van der Waals surface area contributed by atoms with Crippen molar-refractivity contribution in [3.8, 4) is 0 Å². The molecule has 0 N–H and O–H groups in total. The lowest BCUT2D eigenvalue weighted by atomic mass is 10.0. The van der Waals surface area contributed by atoms with Gasteiger partial charge in [-0.25, -0.2) is 0 Å². The van der Waals surface area contributed by atoms with Crippen LogP contribution in [0.15, 0.2) is 12.1 Å². The van der Waals surface area contributed by atoms with Gasteiger partial charge in [-0.1, -0.05) is 49.8 Å². The summed E-state index contributed by atoms with van der Waals surface area (Å²) in [5, 5.41) is 0. The molecular weight excluding hydrogens is 363 g/mol. The van der Waals surface area contributed by atoms with Gasteiger partial charge in [0.15, 0.2) is 0 Å². The van der Waals surface area contributed by atoms with Gasteiger partial charge in [-0.15, -0.1) is 0 Å². The Kier molecular flexibility index (Phi) is 7.06. The fraction of sp³-hybridized carbons (Fsp3) is 0.650. The van der Waals surface area contributed by atoms with Crippen LogP contribution in [0.1, 0.15) is 66.1 Å². The van der Waals surface area contributed by atoms with Gasteiger partial charge < -0.3 is 8.74 Å². The highest BCUT2D eigenvalue weighted by Crippen LogP contribution is 2.56. The SMILES string of the molecule is CCOP(=O)(O[Si](C)(C)C1CCCCC1)C(=O)c1c(C)cc(C)cc1C. The molecule has 0 radical (unpaired) electrons. The molecule has 1 atom stereocenters. The van der Waals surface area contributed by atoms with Crippen LogP contribution in [0.5, 0.6) is 0 Å². The van der Waals surface area contributed by atoms with E-state index in [1.807, 2.05) is 32.9 Å². The first kappa shape index (κ1) is 21.6. The third-order valence-corrected chi connectivity index (χ3v) is 12.1. The van der Waals surface area contributed by atoms with Gasteiger partial charge in [0.1, 0.15) is 0 Å². The van der Waals surface area contributed by atoms with Gasteiger partial charge in [0.25, 0.3) is 5.52 Å². The van der Waals surface area contributed by atoms with E-state index < -0.39 is 21.4 Å². The van der Waals surface area contributed by atoms with Gasteiger partial charge in [0.05, 0.1) is 6.61 Å². The molecule has 1 aromatic carbocycles. The first-order valence-corrected chi connectivity index (χ1v) is 14.2. The van der Waals surface area contributed by atoms with Gasteiger partial charge in [-0.2, -0.15) is 0 Å². The van der Waals surface area contributed by atoms with Crippen molar-refractivity contribution in [1.29, 1.82) is 0 Å². The predicted molar refractivity (Wildman–Crippen MR) is 110 cm³/mol. The summed E-state index contributed by atoms with van der Waals surface area (Å²) in [4.78, 5) is 13.3. The molecule has 0 bridgehead atoms. The van der Waals surface area contributed by atoms with Crippen LogP contribution < -0.4 is 0 Å². The Bertz CT molecular complexity index is 685. The molecule has 0 amide bonds. The number of hydrogen-bond donors (Lipinski definition) is 0. The fourth-order valence-corrected chi connectivity index (χ4v) is 10.6. The molecule has 0 aliphatic heterocycles. The summed E-state index contributed by atoms with van der Waals surface area (Å²) >= 11 is 0. The van der Waals surface area contributed by atoms with E-state index in [-0.39, 0.29) is 6.61 Å². The Morgan fingerprint density at radius 2 is 1.65 bits per heavy atom. The summed E-state index contributed by atoms with van der Waals surface area (Å²) in [6.07, 6.45) is 5.83. The van der Waals surface area contributed by atoms with Crippen LogP contribution in [0.3, 0.4) is 0 Å². The van der Waals surface area contributed by atoms with E-state index in [1.165, 1.54) is 19.3 Å². The Labute approximate surface area is 159 Å². The monoisotopic (exact) mass is 396 g/mol. The third-order valence-electron chi connectivity index (χ3n) is 5.38. The summed E-state index contributed by atoms with van der Waals surface area (Å²) < 4.78 is 25.3. The molecule has 1 fully saturated rings. The van der Waals surface area contributed by atoms with E-state index in [1.54, 1.807) is 6.92 Å². The zero-order valence-corrected chi connectivity index (χ0v) is 18.9. The number of rotatable bonds is 7. The molecule has 1 aromatic rings. The second kappa shape index (κ2) is 8.51. The Morgan fingerprint density at radius 3 is 2.15 bits per heavy atom. The normalized spacial score (nSPS) is 18.5. The third kappa shape index (κ3) is 4.75. The average Bonchev–Trinajstić information content (AvgIpc) is 2.54. The second-order valence-electron chi connectivity index (χ2n) is 8.02. The number of carbonyl (C=O) groups is 1. The van der Waals surface area contributed by atoms with Gasteiger partial charge in [-0.3, -0.25) is 9.36 Å². The minimum Gasteiger partial charge on any atom is -0.345 e. The lowest BCUT2D eigenvalue weighted by Crippen LogP contribution is -2.37. The molecule has 4 nitrogen and oxygen atoms in total. The van der Waals surface area contributed by atoms with E-state index in [9.17, 15) is 9.36 Å². The largest absolute Gasteiger partial charge is 0.392 e. The van der Waals surface area contributed by atoms with Crippen LogP contribution in [0.4, 0.5) is 0 Å². The van der Waals surface area contributed by atoms with Crippen LogP contribution in [-0.2, 0) is 13.3 Å². The maximum atomic E-state index is 13.6. The van der Waals surface area contributed by atoms with Crippen LogP contribution in [0, 0.1) is 20.8 Å². The molecule has 1 unspecified atom stereocenters. The fourth-order valence-electron chi connectivity index (χ4n) is 4.13. The molecule has 0 saturated heterocycles. The highest BCUT2D eigenvalue weighted by molar-refractivity contribution is 7.73. The van der Waals surface area contributed by atoms with Gasteiger partial charge >= 0.3 is 7.60 Å². The van der Waals surface area contributed by atoms with Crippen LogP contribution in [-0.4, -0.2) is 20.4 Å². The van der Waals surface area contributed by atoms with E-state index in [2.05, 4.69) is 13.1 Å².